The molecule has 0 N–H and O–H groups in total. The van der Waals surface area contributed by atoms with Crippen LogP contribution < -0.4 is 0 Å². The fourth-order valence-electron chi connectivity index (χ4n) is 1.88. The molecule has 1 nitrogen and oxygen atoms in total. The first-order valence-electron chi connectivity index (χ1n) is 5.01. The maximum Gasteiger partial charge on any atom is 0.117 e. The fraction of sp³-hybridized carbons (Fsp3) is 0.636. The number of thioether (sulfide) groups is 1. The lowest BCUT2D eigenvalue weighted by Crippen LogP contribution is -1.90. The zero-order chi connectivity index (χ0) is 9.42. The van der Waals surface area contributed by atoms with E-state index in [2.05, 4.69) is 20.8 Å². The highest BCUT2D eigenvalue weighted by molar-refractivity contribution is 7.99. The van der Waals surface area contributed by atoms with Crippen LogP contribution >= 0.6 is 11.8 Å². The second-order valence-electron chi connectivity index (χ2n) is 3.80. The van der Waals surface area contributed by atoms with Gasteiger partial charge in [-0.05, 0) is 6.42 Å². The molecule has 0 fully saturated rings. The van der Waals surface area contributed by atoms with Crippen molar-refractivity contribution < 1.29 is 4.42 Å². The second-order valence-corrected chi connectivity index (χ2v) is 4.91. The Hall–Kier alpha value is -0.370. The molecule has 0 aliphatic carbocycles. The van der Waals surface area contributed by atoms with Gasteiger partial charge in [-0.15, -0.1) is 11.8 Å². The molecule has 0 atom stereocenters. The van der Waals surface area contributed by atoms with Gasteiger partial charge in [-0.3, -0.25) is 0 Å². The highest BCUT2D eigenvalue weighted by Crippen LogP contribution is 2.41. The predicted octanol–water partition coefficient (Wildman–Crippen LogP) is 3.61. The monoisotopic (exact) mass is 196 g/mol. The minimum Gasteiger partial charge on any atom is -0.464 e. The van der Waals surface area contributed by atoms with E-state index < -0.39 is 0 Å². The predicted molar refractivity (Wildman–Crippen MR) is 56.6 cm³/mol. The van der Waals surface area contributed by atoms with E-state index in [-0.39, 0.29) is 0 Å². The van der Waals surface area contributed by atoms with Gasteiger partial charge in [-0.2, -0.15) is 0 Å². The summed E-state index contributed by atoms with van der Waals surface area (Å²) in [6.45, 7) is 6.59. The van der Waals surface area contributed by atoms with E-state index >= 15 is 0 Å². The Morgan fingerprint density at radius 3 is 2.85 bits per heavy atom. The second kappa shape index (κ2) is 3.41. The van der Waals surface area contributed by atoms with Gasteiger partial charge >= 0.3 is 0 Å². The van der Waals surface area contributed by atoms with E-state index in [4.69, 9.17) is 4.42 Å². The van der Waals surface area contributed by atoms with Gasteiger partial charge in [0, 0.05) is 23.7 Å². The van der Waals surface area contributed by atoms with Gasteiger partial charge in [0.2, 0.25) is 0 Å². The van der Waals surface area contributed by atoms with E-state index in [0.29, 0.717) is 5.92 Å². The first kappa shape index (κ1) is 9.20. The number of hydrogen-bond donors (Lipinski definition) is 0. The third-order valence-electron chi connectivity index (χ3n) is 2.50. The van der Waals surface area contributed by atoms with Crippen LogP contribution in [-0.4, -0.2) is 5.75 Å². The highest BCUT2D eigenvalue weighted by atomic mass is 32.2. The Balaban J connectivity index is 2.48. The van der Waals surface area contributed by atoms with Gasteiger partial charge in [0.15, 0.2) is 0 Å². The molecule has 1 aliphatic rings. The number of hydrogen-bond acceptors (Lipinski definition) is 2. The van der Waals surface area contributed by atoms with Crippen molar-refractivity contribution in [1.82, 2.24) is 0 Å². The van der Waals surface area contributed by atoms with Crippen LogP contribution in [-0.2, 0) is 12.8 Å². The molecule has 2 rings (SSSR count). The van der Waals surface area contributed by atoms with Gasteiger partial charge in [-0.1, -0.05) is 20.8 Å². The first-order chi connectivity index (χ1) is 6.24. The van der Waals surface area contributed by atoms with Crippen LogP contribution in [0.1, 0.15) is 43.8 Å². The maximum absolute atomic E-state index is 5.88. The molecule has 1 aromatic rings. The summed E-state index contributed by atoms with van der Waals surface area (Å²) in [6, 6.07) is 0. The molecule has 0 saturated heterocycles. The molecule has 0 bridgehead atoms. The van der Waals surface area contributed by atoms with Crippen molar-refractivity contribution in [3.8, 4) is 0 Å². The van der Waals surface area contributed by atoms with E-state index in [1.165, 1.54) is 34.2 Å². The van der Waals surface area contributed by atoms with Crippen molar-refractivity contribution in [2.75, 3.05) is 5.75 Å². The van der Waals surface area contributed by atoms with E-state index in [1.54, 1.807) is 0 Å². The van der Waals surface area contributed by atoms with Crippen LogP contribution in [0.15, 0.2) is 9.31 Å². The number of rotatable bonds is 2. The lowest BCUT2D eigenvalue weighted by atomic mass is 10.1. The van der Waals surface area contributed by atoms with Crippen molar-refractivity contribution >= 4 is 11.8 Å². The largest absolute Gasteiger partial charge is 0.464 e. The highest BCUT2D eigenvalue weighted by Gasteiger charge is 2.25. The molecule has 0 amide bonds. The minimum atomic E-state index is 0.535. The summed E-state index contributed by atoms with van der Waals surface area (Å²) in [4.78, 5) is 1.45. The van der Waals surface area contributed by atoms with Gasteiger partial charge in [0.1, 0.15) is 11.5 Å². The van der Waals surface area contributed by atoms with Crippen LogP contribution in [0.2, 0.25) is 0 Å². The Bertz CT molecular complexity index is 312. The van der Waals surface area contributed by atoms with Crippen molar-refractivity contribution in [2.24, 2.45) is 0 Å². The number of furan rings is 1. The van der Waals surface area contributed by atoms with E-state index in [1.807, 2.05) is 11.8 Å². The van der Waals surface area contributed by atoms with Crippen LogP contribution in [0.25, 0.3) is 0 Å². The summed E-state index contributed by atoms with van der Waals surface area (Å²) < 4.78 is 5.88. The van der Waals surface area contributed by atoms with Gasteiger partial charge in [-0.25, -0.2) is 0 Å². The Morgan fingerprint density at radius 1 is 1.46 bits per heavy atom. The number of fused-ring (bicyclic) bond motifs is 1. The Kier molecular flexibility index (Phi) is 2.41. The topological polar surface area (TPSA) is 13.1 Å². The van der Waals surface area contributed by atoms with Gasteiger partial charge in [0.05, 0.1) is 4.90 Å². The van der Waals surface area contributed by atoms with Gasteiger partial charge in [0.25, 0.3) is 0 Å². The maximum atomic E-state index is 5.88. The standard InChI is InChI=1S/C11H16OS/c1-4-9-11-8(5-6-13-11)10(12-9)7(2)3/h7H,4-6H2,1-3H3. The molecule has 1 aromatic heterocycles. The van der Waals surface area contributed by atoms with Crippen molar-refractivity contribution in [2.45, 2.75) is 44.4 Å². The molecule has 0 saturated carbocycles. The summed E-state index contributed by atoms with van der Waals surface area (Å²) in [5.74, 6) is 4.22. The lowest BCUT2D eigenvalue weighted by Gasteiger charge is -2.01. The molecular formula is C11H16OS. The van der Waals surface area contributed by atoms with Crippen LogP contribution in [0.3, 0.4) is 0 Å². The summed E-state index contributed by atoms with van der Waals surface area (Å²) in [7, 11) is 0. The minimum absolute atomic E-state index is 0.535. The van der Waals surface area contributed by atoms with E-state index in [0.717, 1.165) is 6.42 Å². The summed E-state index contributed by atoms with van der Waals surface area (Å²) in [5.41, 5.74) is 1.50. The zero-order valence-electron chi connectivity index (χ0n) is 8.52. The first-order valence-corrected chi connectivity index (χ1v) is 5.99. The molecule has 72 valence electrons. The summed E-state index contributed by atoms with van der Waals surface area (Å²) >= 11 is 1.96. The fourth-order valence-corrected chi connectivity index (χ4v) is 3.11. The smallest absolute Gasteiger partial charge is 0.117 e. The summed E-state index contributed by atoms with van der Waals surface area (Å²) in [6.07, 6.45) is 2.24. The third-order valence-corrected chi connectivity index (χ3v) is 3.67. The third kappa shape index (κ3) is 1.41. The SMILES string of the molecule is CCc1oc(C(C)C)c2c1SCC2. The average molecular weight is 196 g/mol. The normalized spacial score (nSPS) is 15.4. The van der Waals surface area contributed by atoms with Crippen LogP contribution in [0.4, 0.5) is 0 Å². The quantitative estimate of drug-likeness (QED) is 0.716. The lowest BCUT2D eigenvalue weighted by molar-refractivity contribution is 0.444. The average Bonchev–Trinajstić information content (AvgIpc) is 2.61. The number of aryl methyl sites for hydroxylation is 1. The molecule has 1 aliphatic heterocycles. The van der Waals surface area contributed by atoms with Crippen LogP contribution in [0, 0.1) is 0 Å². The molecule has 0 spiro atoms. The van der Waals surface area contributed by atoms with E-state index in [9.17, 15) is 0 Å². The molecule has 13 heavy (non-hydrogen) atoms. The summed E-state index contributed by atoms with van der Waals surface area (Å²) in [5, 5.41) is 0. The molecule has 0 unspecified atom stereocenters. The van der Waals surface area contributed by atoms with Crippen molar-refractivity contribution in [3.63, 3.8) is 0 Å². The Morgan fingerprint density at radius 2 is 2.23 bits per heavy atom. The van der Waals surface area contributed by atoms with Crippen molar-refractivity contribution in [3.05, 3.63) is 17.1 Å². The van der Waals surface area contributed by atoms with Crippen LogP contribution in [0.5, 0.6) is 0 Å². The molecule has 2 heteroatoms. The molecular weight excluding hydrogens is 180 g/mol. The molecule has 2 heterocycles. The molecule has 0 radical (unpaired) electrons. The van der Waals surface area contributed by atoms with Crippen molar-refractivity contribution in [1.29, 1.82) is 0 Å². The Labute approximate surface area is 83.9 Å². The zero-order valence-corrected chi connectivity index (χ0v) is 9.33. The molecule has 0 aromatic carbocycles. The van der Waals surface area contributed by atoms with Gasteiger partial charge < -0.3 is 4.42 Å².